The van der Waals surface area contributed by atoms with E-state index in [1.54, 1.807) is 40.5 Å². The molecule has 1 saturated heterocycles. The average Bonchev–Trinajstić information content (AvgIpc) is 3.08. The third-order valence-electron chi connectivity index (χ3n) is 3.59. The number of carbonyl (C=O) groups is 2. The maximum absolute atomic E-state index is 12.7. The van der Waals surface area contributed by atoms with Crippen molar-refractivity contribution in [2.45, 2.75) is 6.10 Å². The van der Waals surface area contributed by atoms with Gasteiger partial charge >= 0.3 is 6.03 Å². The second kappa shape index (κ2) is 6.80. The summed E-state index contributed by atoms with van der Waals surface area (Å²) in [7, 11) is 0. The molecule has 1 unspecified atom stereocenters. The molecule has 3 rings (SSSR count). The molecule has 1 aliphatic heterocycles. The molecule has 120 valence electrons. The van der Waals surface area contributed by atoms with Gasteiger partial charge in [0.25, 0.3) is 5.91 Å². The van der Waals surface area contributed by atoms with Gasteiger partial charge in [0.15, 0.2) is 0 Å². The van der Waals surface area contributed by atoms with Crippen molar-refractivity contribution in [2.24, 2.45) is 5.73 Å². The van der Waals surface area contributed by atoms with Gasteiger partial charge in [0.2, 0.25) is 0 Å². The van der Waals surface area contributed by atoms with Crippen LogP contribution in [0.1, 0.15) is 21.3 Å². The standard InChI is InChI=1S/C16H17N3O3S/c17-16(21)18-12-4-1-3-11(9-12)15(20)19-6-7-22-13(10-19)14-5-2-8-23-14/h1-5,8-9,13H,6-7,10H2,(H3,17,18,21). The Labute approximate surface area is 137 Å². The van der Waals surface area contributed by atoms with Crippen molar-refractivity contribution in [3.8, 4) is 0 Å². The van der Waals surface area contributed by atoms with Gasteiger partial charge in [-0.25, -0.2) is 4.79 Å². The van der Waals surface area contributed by atoms with Crippen LogP contribution in [0.4, 0.5) is 10.5 Å². The number of urea groups is 1. The molecule has 1 aromatic heterocycles. The number of benzene rings is 1. The highest BCUT2D eigenvalue weighted by Gasteiger charge is 2.26. The minimum atomic E-state index is -0.654. The van der Waals surface area contributed by atoms with Crippen LogP contribution in [0.15, 0.2) is 41.8 Å². The zero-order valence-electron chi connectivity index (χ0n) is 12.4. The molecule has 1 atom stereocenters. The Morgan fingerprint density at radius 1 is 1.30 bits per heavy atom. The number of hydrogen-bond donors (Lipinski definition) is 2. The molecular weight excluding hydrogens is 314 g/mol. The Hall–Kier alpha value is -2.38. The number of nitrogens with two attached hydrogens (primary N) is 1. The number of amides is 3. The number of morpholine rings is 1. The van der Waals surface area contributed by atoms with Gasteiger partial charge in [-0.2, -0.15) is 0 Å². The van der Waals surface area contributed by atoms with Crippen LogP contribution in [0.5, 0.6) is 0 Å². The van der Waals surface area contributed by atoms with E-state index in [1.807, 2.05) is 17.5 Å². The molecule has 1 aromatic carbocycles. The highest BCUT2D eigenvalue weighted by molar-refractivity contribution is 7.10. The molecule has 1 aliphatic rings. The summed E-state index contributed by atoms with van der Waals surface area (Å²) in [4.78, 5) is 26.5. The number of anilines is 1. The second-order valence-electron chi connectivity index (χ2n) is 5.20. The van der Waals surface area contributed by atoms with Gasteiger partial charge in [0, 0.05) is 22.7 Å². The average molecular weight is 331 g/mol. The Kier molecular flexibility index (Phi) is 4.59. The first kappa shape index (κ1) is 15.5. The molecule has 3 amide bonds. The van der Waals surface area contributed by atoms with Crippen LogP contribution in [-0.4, -0.2) is 36.5 Å². The summed E-state index contributed by atoms with van der Waals surface area (Å²) >= 11 is 1.62. The van der Waals surface area contributed by atoms with Crippen LogP contribution in [0.25, 0.3) is 0 Å². The van der Waals surface area contributed by atoms with Crippen LogP contribution >= 0.6 is 11.3 Å². The third kappa shape index (κ3) is 3.69. The maximum Gasteiger partial charge on any atom is 0.316 e. The number of carbonyl (C=O) groups excluding carboxylic acids is 2. The number of hydrogen-bond acceptors (Lipinski definition) is 4. The van der Waals surface area contributed by atoms with E-state index in [2.05, 4.69) is 5.32 Å². The first-order valence-electron chi connectivity index (χ1n) is 7.24. The fourth-order valence-electron chi connectivity index (χ4n) is 2.54. The summed E-state index contributed by atoms with van der Waals surface area (Å²) in [5, 5.41) is 4.48. The molecule has 0 radical (unpaired) electrons. The minimum Gasteiger partial charge on any atom is -0.369 e. The number of nitrogens with zero attached hydrogens (tertiary/aromatic N) is 1. The zero-order valence-corrected chi connectivity index (χ0v) is 13.2. The minimum absolute atomic E-state index is 0.0806. The molecule has 0 aliphatic carbocycles. The van der Waals surface area contributed by atoms with Gasteiger partial charge < -0.3 is 20.7 Å². The summed E-state index contributed by atoms with van der Waals surface area (Å²) in [6.07, 6.45) is -0.0837. The number of nitrogens with one attached hydrogen (secondary N) is 1. The normalized spacial score (nSPS) is 17.7. The smallest absolute Gasteiger partial charge is 0.316 e. The van der Waals surface area contributed by atoms with Gasteiger partial charge in [-0.05, 0) is 29.6 Å². The van der Waals surface area contributed by atoms with Gasteiger partial charge in [-0.3, -0.25) is 4.79 Å². The molecule has 2 aromatic rings. The van der Waals surface area contributed by atoms with Crippen molar-refractivity contribution in [3.63, 3.8) is 0 Å². The Morgan fingerprint density at radius 3 is 2.91 bits per heavy atom. The SMILES string of the molecule is NC(=O)Nc1cccc(C(=O)N2CCOC(c3cccs3)C2)c1. The Balaban J connectivity index is 1.73. The summed E-state index contributed by atoms with van der Waals surface area (Å²) in [6.45, 7) is 1.58. The number of thiophene rings is 1. The molecule has 7 heteroatoms. The summed E-state index contributed by atoms with van der Waals surface area (Å²) in [5.41, 5.74) is 6.13. The van der Waals surface area contributed by atoms with Crippen molar-refractivity contribution in [1.82, 2.24) is 4.90 Å². The molecule has 2 heterocycles. The summed E-state index contributed by atoms with van der Waals surface area (Å²) in [6, 6.07) is 10.1. The Bertz CT molecular complexity index is 702. The van der Waals surface area contributed by atoms with E-state index in [-0.39, 0.29) is 12.0 Å². The number of rotatable bonds is 3. The topological polar surface area (TPSA) is 84.7 Å². The monoisotopic (exact) mass is 331 g/mol. The van der Waals surface area contributed by atoms with Crippen molar-refractivity contribution in [3.05, 3.63) is 52.2 Å². The molecule has 3 N–H and O–H groups in total. The third-order valence-corrected chi connectivity index (χ3v) is 4.56. The van der Waals surface area contributed by atoms with E-state index in [0.717, 1.165) is 4.88 Å². The first-order chi connectivity index (χ1) is 11.1. The molecule has 23 heavy (non-hydrogen) atoms. The highest BCUT2D eigenvalue weighted by Crippen LogP contribution is 2.27. The van der Waals surface area contributed by atoms with Crippen LogP contribution in [0, 0.1) is 0 Å². The van der Waals surface area contributed by atoms with E-state index in [9.17, 15) is 9.59 Å². The molecular formula is C16H17N3O3S. The van der Waals surface area contributed by atoms with E-state index < -0.39 is 6.03 Å². The van der Waals surface area contributed by atoms with Crippen LogP contribution in [0.2, 0.25) is 0 Å². The van der Waals surface area contributed by atoms with E-state index in [4.69, 9.17) is 10.5 Å². The molecule has 0 saturated carbocycles. The zero-order chi connectivity index (χ0) is 16.2. The predicted octanol–water partition coefficient (Wildman–Crippen LogP) is 2.45. The lowest BCUT2D eigenvalue weighted by molar-refractivity contribution is -0.0211. The number of primary amides is 1. The predicted molar refractivity (Wildman–Crippen MR) is 88.6 cm³/mol. The first-order valence-corrected chi connectivity index (χ1v) is 8.12. The lowest BCUT2D eigenvalue weighted by Crippen LogP contribution is -2.42. The van der Waals surface area contributed by atoms with Crippen LogP contribution in [-0.2, 0) is 4.74 Å². The molecule has 0 bridgehead atoms. The molecule has 0 spiro atoms. The van der Waals surface area contributed by atoms with Gasteiger partial charge in [0.05, 0.1) is 13.2 Å². The van der Waals surface area contributed by atoms with Gasteiger partial charge in [-0.1, -0.05) is 12.1 Å². The molecule has 1 fully saturated rings. The fraction of sp³-hybridized carbons (Fsp3) is 0.250. The van der Waals surface area contributed by atoms with Crippen molar-refractivity contribution in [1.29, 1.82) is 0 Å². The van der Waals surface area contributed by atoms with Crippen molar-refractivity contribution < 1.29 is 14.3 Å². The van der Waals surface area contributed by atoms with Gasteiger partial charge in [0.1, 0.15) is 6.10 Å². The lowest BCUT2D eigenvalue weighted by Gasteiger charge is -2.32. The van der Waals surface area contributed by atoms with Crippen molar-refractivity contribution >= 4 is 29.0 Å². The van der Waals surface area contributed by atoms with E-state index in [0.29, 0.717) is 30.9 Å². The van der Waals surface area contributed by atoms with Crippen molar-refractivity contribution in [2.75, 3.05) is 25.0 Å². The summed E-state index contributed by atoms with van der Waals surface area (Å²) in [5.74, 6) is -0.0806. The summed E-state index contributed by atoms with van der Waals surface area (Å²) < 4.78 is 5.76. The maximum atomic E-state index is 12.7. The largest absolute Gasteiger partial charge is 0.369 e. The van der Waals surface area contributed by atoms with Crippen LogP contribution in [0.3, 0.4) is 0 Å². The quantitative estimate of drug-likeness (QED) is 0.906. The lowest BCUT2D eigenvalue weighted by atomic mass is 10.1. The van der Waals surface area contributed by atoms with Crippen LogP contribution < -0.4 is 11.1 Å². The molecule has 6 nitrogen and oxygen atoms in total. The van der Waals surface area contributed by atoms with E-state index in [1.165, 1.54) is 0 Å². The fourth-order valence-corrected chi connectivity index (χ4v) is 3.30. The number of ether oxygens (including phenoxy) is 1. The highest BCUT2D eigenvalue weighted by atomic mass is 32.1. The van der Waals surface area contributed by atoms with E-state index >= 15 is 0 Å². The Morgan fingerprint density at radius 2 is 2.17 bits per heavy atom. The van der Waals surface area contributed by atoms with Gasteiger partial charge in [-0.15, -0.1) is 11.3 Å². The second-order valence-corrected chi connectivity index (χ2v) is 6.18.